The van der Waals surface area contributed by atoms with Crippen molar-refractivity contribution in [2.75, 3.05) is 11.9 Å². The van der Waals surface area contributed by atoms with E-state index in [4.69, 9.17) is 4.74 Å². The van der Waals surface area contributed by atoms with Gasteiger partial charge in [-0.15, -0.1) is 0 Å². The molecule has 0 unspecified atom stereocenters. The number of benzene rings is 1. The van der Waals surface area contributed by atoms with E-state index in [1.54, 1.807) is 0 Å². The zero-order chi connectivity index (χ0) is 10.9. The second-order valence-electron chi connectivity index (χ2n) is 4.74. The Morgan fingerprint density at radius 2 is 2.13 bits per heavy atom. The van der Waals surface area contributed by atoms with E-state index in [0.717, 1.165) is 13.0 Å². The maximum atomic E-state index is 5.80. The van der Waals surface area contributed by atoms with Gasteiger partial charge >= 0.3 is 0 Å². The van der Waals surface area contributed by atoms with Gasteiger partial charge in [-0.25, -0.2) is 0 Å². The minimum atomic E-state index is 0.119. The summed E-state index contributed by atoms with van der Waals surface area (Å²) < 4.78 is 5.80. The third kappa shape index (κ3) is 2.15. The summed E-state index contributed by atoms with van der Waals surface area (Å²) in [7, 11) is 0. The maximum Gasteiger partial charge on any atom is 0.0866 e. The minimum Gasteiger partial charge on any atom is -0.380 e. The fourth-order valence-electron chi connectivity index (χ4n) is 2.23. The van der Waals surface area contributed by atoms with Crippen LogP contribution in [0.3, 0.4) is 0 Å². The van der Waals surface area contributed by atoms with E-state index in [0.29, 0.717) is 0 Å². The van der Waals surface area contributed by atoms with Gasteiger partial charge in [0.05, 0.1) is 6.10 Å². The van der Waals surface area contributed by atoms with E-state index in [1.807, 2.05) is 0 Å². The Kier molecular flexibility index (Phi) is 2.70. The molecule has 1 aliphatic heterocycles. The Bertz CT molecular complexity index is 346. The molecule has 1 atom stereocenters. The summed E-state index contributed by atoms with van der Waals surface area (Å²) in [5.41, 5.74) is 2.62. The average molecular weight is 205 g/mol. The third-order valence-electron chi connectivity index (χ3n) is 2.84. The molecule has 1 aromatic carbocycles. The average Bonchev–Trinajstić information content (AvgIpc) is 2.16. The maximum absolute atomic E-state index is 5.80. The smallest absolute Gasteiger partial charge is 0.0866 e. The van der Waals surface area contributed by atoms with E-state index in [2.05, 4.69) is 50.4 Å². The Balaban J connectivity index is 2.34. The number of anilines is 1. The van der Waals surface area contributed by atoms with Gasteiger partial charge < -0.3 is 10.1 Å². The summed E-state index contributed by atoms with van der Waals surface area (Å²) in [6, 6.07) is 8.42. The number of hydrogen-bond acceptors (Lipinski definition) is 2. The number of hydrogen-bond donors (Lipinski definition) is 1. The van der Waals surface area contributed by atoms with Gasteiger partial charge in [-0.1, -0.05) is 18.2 Å². The molecule has 2 nitrogen and oxygen atoms in total. The molecule has 82 valence electrons. The number of rotatable bonds is 2. The molecule has 1 heterocycles. The normalized spacial score (nSPS) is 23.0. The van der Waals surface area contributed by atoms with E-state index in [9.17, 15) is 0 Å². The number of nitrogens with one attached hydrogen (secondary N) is 1. The molecule has 0 bridgehead atoms. The zero-order valence-electron chi connectivity index (χ0n) is 9.71. The molecule has 0 fully saturated rings. The second kappa shape index (κ2) is 3.86. The van der Waals surface area contributed by atoms with Crippen LogP contribution >= 0.6 is 0 Å². The number of fused-ring (bicyclic) bond motifs is 1. The van der Waals surface area contributed by atoms with E-state index < -0.39 is 0 Å². The van der Waals surface area contributed by atoms with Crippen molar-refractivity contribution >= 4 is 5.69 Å². The lowest BCUT2D eigenvalue weighted by molar-refractivity contribution is 0.0419. The van der Waals surface area contributed by atoms with Crippen LogP contribution < -0.4 is 5.32 Å². The molecule has 0 radical (unpaired) electrons. The number of para-hydroxylation sites is 1. The molecule has 0 aliphatic carbocycles. The van der Waals surface area contributed by atoms with Crippen LogP contribution in [0.2, 0.25) is 0 Å². The molecule has 0 saturated carbocycles. The van der Waals surface area contributed by atoms with Gasteiger partial charge in [0.25, 0.3) is 0 Å². The zero-order valence-corrected chi connectivity index (χ0v) is 9.71. The molecule has 1 aliphatic rings. The molecule has 0 saturated heterocycles. The van der Waals surface area contributed by atoms with Crippen LogP contribution in [0.5, 0.6) is 0 Å². The highest BCUT2D eigenvalue weighted by atomic mass is 16.5. The van der Waals surface area contributed by atoms with Crippen LogP contribution in [0, 0.1) is 0 Å². The highest BCUT2D eigenvalue weighted by Crippen LogP contribution is 2.39. The largest absolute Gasteiger partial charge is 0.380 e. The van der Waals surface area contributed by atoms with Crippen molar-refractivity contribution in [1.29, 1.82) is 0 Å². The number of ether oxygens (including phenoxy) is 1. The molecular formula is C13H19NO. The summed E-state index contributed by atoms with van der Waals surface area (Å²) in [4.78, 5) is 0. The van der Waals surface area contributed by atoms with Crippen molar-refractivity contribution in [2.45, 2.75) is 38.8 Å². The molecule has 0 spiro atoms. The van der Waals surface area contributed by atoms with E-state index in [1.165, 1.54) is 11.3 Å². The van der Waals surface area contributed by atoms with Crippen molar-refractivity contribution in [2.24, 2.45) is 0 Å². The SMILES string of the molecule is CCO[C@@H]1CC(C)(C)Nc2ccccc21. The Morgan fingerprint density at radius 3 is 2.87 bits per heavy atom. The van der Waals surface area contributed by atoms with Crippen LogP contribution in [-0.4, -0.2) is 12.1 Å². The second-order valence-corrected chi connectivity index (χ2v) is 4.74. The van der Waals surface area contributed by atoms with Crippen molar-refractivity contribution in [1.82, 2.24) is 0 Å². The molecule has 1 N–H and O–H groups in total. The minimum absolute atomic E-state index is 0.119. The quantitative estimate of drug-likeness (QED) is 0.799. The standard InChI is InChI=1S/C13H19NO/c1-4-15-12-9-13(2,3)14-11-8-6-5-7-10(11)12/h5-8,12,14H,4,9H2,1-3H3/t12-/m1/s1. The summed E-state index contributed by atoms with van der Waals surface area (Å²) in [6.07, 6.45) is 1.26. The van der Waals surface area contributed by atoms with Crippen LogP contribution in [0.4, 0.5) is 5.69 Å². The van der Waals surface area contributed by atoms with Gasteiger partial charge in [-0.05, 0) is 26.8 Å². The first-order valence-corrected chi connectivity index (χ1v) is 5.61. The predicted molar refractivity (Wildman–Crippen MR) is 63.1 cm³/mol. The fraction of sp³-hybridized carbons (Fsp3) is 0.538. The van der Waals surface area contributed by atoms with Gasteiger partial charge in [-0.2, -0.15) is 0 Å². The van der Waals surface area contributed by atoms with Crippen molar-refractivity contribution in [3.05, 3.63) is 29.8 Å². The lowest BCUT2D eigenvalue weighted by atomic mass is 9.87. The highest BCUT2D eigenvalue weighted by Gasteiger charge is 2.31. The summed E-state index contributed by atoms with van der Waals surface area (Å²) in [5.74, 6) is 0. The molecule has 2 heteroatoms. The van der Waals surface area contributed by atoms with Crippen LogP contribution in [0.15, 0.2) is 24.3 Å². The molecule has 1 aromatic rings. The van der Waals surface area contributed by atoms with Crippen molar-refractivity contribution in [3.63, 3.8) is 0 Å². The lowest BCUT2D eigenvalue weighted by Crippen LogP contribution is -2.37. The van der Waals surface area contributed by atoms with Crippen molar-refractivity contribution < 1.29 is 4.74 Å². The highest BCUT2D eigenvalue weighted by molar-refractivity contribution is 5.56. The summed E-state index contributed by atoms with van der Waals surface area (Å²) >= 11 is 0. The summed E-state index contributed by atoms with van der Waals surface area (Å²) in [6.45, 7) is 7.26. The first-order valence-electron chi connectivity index (χ1n) is 5.61. The van der Waals surface area contributed by atoms with Crippen molar-refractivity contribution in [3.8, 4) is 0 Å². The van der Waals surface area contributed by atoms with Gasteiger partial charge in [0.2, 0.25) is 0 Å². The molecule has 0 amide bonds. The van der Waals surface area contributed by atoms with Crippen LogP contribution in [0.1, 0.15) is 38.9 Å². The molecule has 0 aromatic heterocycles. The molecular weight excluding hydrogens is 186 g/mol. The lowest BCUT2D eigenvalue weighted by Gasteiger charge is -2.38. The Labute approximate surface area is 91.6 Å². The predicted octanol–water partition coefficient (Wildman–Crippen LogP) is 3.36. The van der Waals surface area contributed by atoms with Crippen LogP contribution in [-0.2, 0) is 4.74 Å². The first kappa shape index (κ1) is 10.5. The third-order valence-corrected chi connectivity index (χ3v) is 2.84. The first-order chi connectivity index (χ1) is 7.12. The van der Waals surface area contributed by atoms with Gasteiger partial charge in [0.15, 0.2) is 0 Å². The van der Waals surface area contributed by atoms with E-state index in [-0.39, 0.29) is 11.6 Å². The van der Waals surface area contributed by atoms with Gasteiger partial charge in [0.1, 0.15) is 0 Å². The fourth-order valence-corrected chi connectivity index (χ4v) is 2.23. The monoisotopic (exact) mass is 205 g/mol. The van der Waals surface area contributed by atoms with Crippen LogP contribution in [0.25, 0.3) is 0 Å². The Hall–Kier alpha value is -1.02. The van der Waals surface area contributed by atoms with E-state index >= 15 is 0 Å². The summed E-state index contributed by atoms with van der Waals surface area (Å²) in [5, 5.41) is 3.54. The molecule has 2 rings (SSSR count). The Morgan fingerprint density at radius 1 is 1.40 bits per heavy atom. The topological polar surface area (TPSA) is 21.3 Å². The van der Waals surface area contributed by atoms with Gasteiger partial charge in [0, 0.05) is 29.8 Å². The van der Waals surface area contributed by atoms with Gasteiger partial charge in [-0.3, -0.25) is 0 Å². The molecule has 15 heavy (non-hydrogen) atoms.